The molecule has 0 radical (unpaired) electrons. The van der Waals surface area contributed by atoms with Crippen LogP contribution in [0.5, 0.6) is 0 Å². The van der Waals surface area contributed by atoms with Crippen molar-refractivity contribution in [1.29, 1.82) is 0 Å². The van der Waals surface area contributed by atoms with Gasteiger partial charge in [-0.2, -0.15) is 0 Å². The van der Waals surface area contributed by atoms with Crippen molar-refractivity contribution >= 4 is 11.8 Å². The molecule has 2 unspecified atom stereocenters. The van der Waals surface area contributed by atoms with Gasteiger partial charge in [0.1, 0.15) is 12.2 Å². The summed E-state index contributed by atoms with van der Waals surface area (Å²) in [7, 11) is 0. The van der Waals surface area contributed by atoms with E-state index < -0.39 is 0 Å². The van der Waals surface area contributed by atoms with E-state index in [0.29, 0.717) is 5.69 Å². The summed E-state index contributed by atoms with van der Waals surface area (Å²) in [5, 5.41) is 2.99. The van der Waals surface area contributed by atoms with Crippen molar-refractivity contribution in [3.8, 4) is 0 Å². The van der Waals surface area contributed by atoms with Gasteiger partial charge < -0.3 is 10.2 Å². The maximum atomic E-state index is 12.4. The standard InChI is InChI=1S/C13H16N4O2/c18-12-8-17(11-4-2-1-3-9(11)16-12)13(19)10-7-14-5-6-15-10/h5-7,9,11H,1-4,8H2,(H,16,18). The number of nitrogens with one attached hydrogen (secondary N) is 1. The minimum Gasteiger partial charge on any atom is -0.350 e. The molecule has 0 spiro atoms. The van der Waals surface area contributed by atoms with Crippen molar-refractivity contribution in [1.82, 2.24) is 20.2 Å². The van der Waals surface area contributed by atoms with Gasteiger partial charge in [-0.1, -0.05) is 12.8 Å². The van der Waals surface area contributed by atoms with Crippen molar-refractivity contribution in [2.75, 3.05) is 6.54 Å². The van der Waals surface area contributed by atoms with Crippen LogP contribution in [0.3, 0.4) is 0 Å². The van der Waals surface area contributed by atoms with Gasteiger partial charge >= 0.3 is 0 Å². The third kappa shape index (κ3) is 2.30. The van der Waals surface area contributed by atoms with Crippen LogP contribution in [0.1, 0.15) is 36.2 Å². The van der Waals surface area contributed by atoms with Crippen LogP contribution in [-0.2, 0) is 4.79 Å². The normalized spacial score (nSPS) is 26.5. The largest absolute Gasteiger partial charge is 0.350 e. The molecule has 1 saturated heterocycles. The van der Waals surface area contributed by atoms with Crippen LogP contribution in [0.4, 0.5) is 0 Å². The van der Waals surface area contributed by atoms with Gasteiger partial charge in [0.05, 0.1) is 12.2 Å². The van der Waals surface area contributed by atoms with Crippen LogP contribution in [0.25, 0.3) is 0 Å². The van der Waals surface area contributed by atoms with E-state index in [2.05, 4.69) is 15.3 Å². The van der Waals surface area contributed by atoms with E-state index in [1.165, 1.54) is 18.6 Å². The second-order valence-electron chi connectivity index (χ2n) is 5.05. The third-order valence-electron chi connectivity index (χ3n) is 3.83. The SMILES string of the molecule is O=C1CN(C(=O)c2cnccn2)C2CCCCC2N1. The predicted molar refractivity (Wildman–Crippen MR) is 67.3 cm³/mol. The van der Waals surface area contributed by atoms with Gasteiger partial charge in [0.25, 0.3) is 5.91 Å². The maximum absolute atomic E-state index is 12.4. The molecule has 2 aliphatic rings. The number of nitrogens with zero attached hydrogens (tertiary/aromatic N) is 3. The first-order valence-corrected chi connectivity index (χ1v) is 6.62. The molecular weight excluding hydrogens is 244 g/mol. The number of fused-ring (bicyclic) bond motifs is 1. The first-order valence-electron chi connectivity index (χ1n) is 6.62. The number of hydrogen-bond donors (Lipinski definition) is 1. The summed E-state index contributed by atoms with van der Waals surface area (Å²) in [6.07, 6.45) is 8.57. The molecule has 0 bridgehead atoms. The van der Waals surface area contributed by atoms with E-state index in [4.69, 9.17) is 0 Å². The van der Waals surface area contributed by atoms with E-state index >= 15 is 0 Å². The summed E-state index contributed by atoms with van der Waals surface area (Å²) in [6.45, 7) is 0.122. The van der Waals surface area contributed by atoms with Crippen LogP contribution < -0.4 is 5.32 Å². The Morgan fingerprint density at radius 2 is 2.16 bits per heavy atom. The minimum atomic E-state index is -0.195. The molecule has 1 saturated carbocycles. The Balaban J connectivity index is 1.85. The zero-order valence-electron chi connectivity index (χ0n) is 10.6. The molecule has 3 rings (SSSR count). The van der Waals surface area contributed by atoms with Crippen LogP contribution in [-0.4, -0.2) is 45.3 Å². The maximum Gasteiger partial charge on any atom is 0.274 e. The van der Waals surface area contributed by atoms with Crippen molar-refractivity contribution < 1.29 is 9.59 Å². The first-order chi connectivity index (χ1) is 9.25. The van der Waals surface area contributed by atoms with Crippen LogP contribution in [0.2, 0.25) is 0 Å². The van der Waals surface area contributed by atoms with Crippen molar-refractivity contribution in [2.24, 2.45) is 0 Å². The lowest BCUT2D eigenvalue weighted by atomic mass is 9.87. The molecule has 1 aromatic rings. The average molecular weight is 260 g/mol. The molecule has 2 amide bonds. The number of rotatable bonds is 1. The zero-order chi connectivity index (χ0) is 13.2. The smallest absolute Gasteiger partial charge is 0.274 e. The van der Waals surface area contributed by atoms with E-state index in [1.807, 2.05) is 0 Å². The third-order valence-corrected chi connectivity index (χ3v) is 3.83. The van der Waals surface area contributed by atoms with Gasteiger partial charge in [0.2, 0.25) is 5.91 Å². The molecule has 1 aliphatic carbocycles. The minimum absolute atomic E-state index is 0.0830. The molecule has 1 N–H and O–H groups in total. The zero-order valence-corrected chi connectivity index (χ0v) is 10.6. The molecule has 2 fully saturated rings. The van der Waals surface area contributed by atoms with Gasteiger partial charge in [-0.3, -0.25) is 14.6 Å². The van der Waals surface area contributed by atoms with Gasteiger partial charge in [0.15, 0.2) is 0 Å². The molecular formula is C13H16N4O2. The topological polar surface area (TPSA) is 75.2 Å². The van der Waals surface area contributed by atoms with Crippen LogP contribution in [0, 0.1) is 0 Å². The van der Waals surface area contributed by atoms with E-state index in [-0.39, 0.29) is 30.4 Å². The lowest BCUT2D eigenvalue weighted by Gasteiger charge is -2.43. The lowest BCUT2D eigenvalue weighted by molar-refractivity contribution is -0.127. The van der Waals surface area contributed by atoms with Crippen molar-refractivity contribution in [2.45, 2.75) is 37.8 Å². The van der Waals surface area contributed by atoms with Gasteiger partial charge in [-0.15, -0.1) is 0 Å². The Hall–Kier alpha value is -1.98. The molecule has 1 aliphatic heterocycles. The number of piperazine rings is 1. The Kier molecular flexibility index (Phi) is 3.15. The summed E-state index contributed by atoms with van der Waals surface area (Å²) in [4.78, 5) is 33.8. The first kappa shape index (κ1) is 12.1. The second kappa shape index (κ2) is 4.95. The fourth-order valence-electron chi connectivity index (χ4n) is 2.96. The molecule has 0 aromatic carbocycles. The number of hydrogen-bond acceptors (Lipinski definition) is 4. The van der Waals surface area contributed by atoms with E-state index in [0.717, 1.165) is 25.7 Å². The molecule has 19 heavy (non-hydrogen) atoms. The van der Waals surface area contributed by atoms with Crippen LogP contribution >= 0.6 is 0 Å². The highest BCUT2D eigenvalue weighted by atomic mass is 16.2. The van der Waals surface area contributed by atoms with Crippen molar-refractivity contribution in [3.05, 3.63) is 24.3 Å². The quantitative estimate of drug-likeness (QED) is 0.791. The Morgan fingerprint density at radius 1 is 1.32 bits per heavy atom. The number of carbonyl (C=O) groups excluding carboxylic acids is 2. The lowest BCUT2D eigenvalue weighted by Crippen LogP contribution is -2.63. The number of aromatic nitrogens is 2. The summed E-state index contributed by atoms with van der Waals surface area (Å²) in [5.74, 6) is -0.278. The average Bonchev–Trinajstić information content (AvgIpc) is 2.46. The number of amides is 2. The number of carbonyl (C=O) groups is 2. The molecule has 2 heterocycles. The Labute approximate surface area is 111 Å². The van der Waals surface area contributed by atoms with Gasteiger partial charge in [-0.05, 0) is 12.8 Å². The molecule has 6 heteroatoms. The predicted octanol–water partition coefficient (Wildman–Crippen LogP) is 0.360. The second-order valence-corrected chi connectivity index (χ2v) is 5.05. The molecule has 1 aromatic heterocycles. The fraction of sp³-hybridized carbons (Fsp3) is 0.538. The van der Waals surface area contributed by atoms with Crippen LogP contribution in [0.15, 0.2) is 18.6 Å². The highest BCUT2D eigenvalue weighted by Gasteiger charge is 2.39. The van der Waals surface area contributed by atoms with E-state index in [9.17, 15) is 9.59 Å². The molecule has 100 valence electrons. The molecule has 2 atom stereocenters. The monoisotopic (exact) mass is 260 g/mol. The Bertz CT molecular complexity index is 491. The summed E-state index contributed by atoms with van der Waals surface area (Å²) < 4.78 is 0. The summed E-state index contributed by atoms with van der Waals surface area (Å²) >= 11 is 0. The summed E-state index contributed by atoms with van der Waals surface area (Å²) in [5.41, 5.74) is 0.307. The van der Waals surface area contributed by atoms with Crippen molar-refractivity contribution in [3.63, 3.8) is 0 Å². The summed E-state index contributed by atoms with van der Waals surface area (Å²) in [6, 6.07) is 0.191. The van der Waals surface area contributed by atoms with E-state index in [1.54, 1.807) is 4.90 Å². The van der Waals surface area contributed by atoms with Gasteiger partial charge in [0, 0.05) is 18.4 Å². The highest BCUT2D eigenvalue weighted by molar-refractivity contribution is 5.95. The highest BCUT2D eigenvalue weighted by Crippen LogP contribution is 2.26. The molecule has 6 nitrogen and oxygen atoms in total. The van der Waals surface area contributed by atoms with Gasteiger partial charge in [-0.25, -0.2) is 4.98 Å². The Morgan fingerprint density at radius 3 is 2.95 bits per heavy atom. The fourth-order valence-corrected chi connectivity index (χ4v) is 2.96.